The fourth-order valence-electron chi connectivity index (χ4n) is 0.966. The predicted molar refractivity (Wildman–Crippen MR) is 50.8 cm³/mol. The van der Waals surface area contributed by atoms with Crippen molar-refractivity contribution >= 4 is 12.0 Å². The Balaban J connectivity index is 3.30. The second-order valence-corrected chi connectivity index (χ2v) is 2.52. The molecule has 5 nitrogen and oxygen atoms in total. The van der Waals surface area contributed by atoms with Crippen molar-refractivity contribution < 1.29 is 9.72 Å². The van der Waals surface area contributed by atoms with Crippen molar-refractivity contribution in [3.05, 3.63) is 39.4 Å². The number of nitro groups is 1. The number of non-ortho nitro benzene ring substituents is 1. The highest BCUT2D eigenvalue weighted by atomic mass is 16.6. The van der Waals surface area contributed by atoms with Gasteiger partial charge in [0.1, 0.15) is 0 Å². The molecule has 0 aliphatic carbocycles. The molecule has 1 rings (SSSR count). The molecular formula is C10H4N2O3. The number of hydrogen-bond donors (Lipinski definition) is 0. The second-order valence-electron chi connectivity index (χ2n) is 2.52. The summed E-state index contributed by atoms with van der Waals surface area (Å²) in [7, 11) is 0. The lowest BCUT2D eigenvalue weighted by Crippen LogP contribution is -1.90. The normalized spacial score (nSPS) is 8.20. The first-order chi connectivity index (χ1) is 7.17. The standard InChI is InChI=1S/C10H4N2O3/c11-7-9-4-8(2-1-3-13)5-10(6-9)12(14)15/h3-6H. The van der Waals surface area contributed by atoms with Crippen LogP contribution in [0.25, 0.3) is 0 Å². The van der Waals surface area contributed by atoms with Crippen LogP contribution in [0.2, 0.25) is 0 Å². The van der Waals surface area contributed by atoms with Crippen LogP contribution in [0.5, 0.6) is 0 Å². The fourth-order valence-corrected chi connectivity index (χ4v) is 0.966. The van der Waals surface area contributed by atoms with E-state index in [-0.39, 0.29) is 16.8 Å². The first-order valence-electron chi connectivity index (χ1n) is 3.82. The van der Waals surface area contributed by atoms with Gasteiger partial charge in [-0.1, -0.05) is 5.92 Å². The van der Waals surface area contributed by atoms with Crippen LogP contribution in [0.3, 0.4) is 0 Å². The molecule has 0 heterocycles. The van der Waals surface area contributed by atoms with Gasteiger partial charge in [0.2, 0.25) is 0 Å². The molecule has 0 spiro atoms. The van der Waals surface area contributed by atoms with Gasteiger partial charge in [0, 0.05) is 17.7 Å². The lowest BCUT2D eigenvalue weighted by molar-refractivity contribution is -0.384. The zero-order valence-corrected chi connectivity index (χ0v) is 7.43. The van der Waals surface area contributed by atoms with Crippen molar-refractivity contribution in [1.82, 2.24) is 0 Å². The summed E-state index contributed by atoms with van der Waals surface area (Å²) < 4.78 is 0. The summed E-state index contributed by atoms with van der Waals surface area (Å²) in [6.45, 7) is 0. The molecular weight excluding hydrogens is 196 g/mol. The molecule has 0 amide bonds. The molecule has 0 unspecified atom stereocenters. The third-order valence-electron chi connectivity index (χ3n) is 1.53. The van der Waals surface area contributed by atoms with Crippen LogP contribution in [-0.4, -0.2) is 11.2 Å². The van der Waals surface area contributed by atoms with Crippen LogP contribution < -0.4 is 0 Å². The highest BCUT2D eigenvalue weighted by Crippen LogP contribution is 2.15. The summed E-state index contributed by atoms with van der Waals surface area (Å²) in [5.74, 6) is 4.51. The van der Waals surface area contributed by atoms with E-state index in [9.17, 15) is 14.9 Å². The SMILES string of the molecule is N#Cc1cc(C#CC=O)cc([N+](=O)[O-])c1. The van der Waals surface area contributed by atoms with Crippen LogP contribution in [0.1, 0.15) is 11.1 Å². The largest absolute Gasteiger partial charge is 0.289 e. The molecule has 1 aromatic carbocycles. The summed E-state index contributed by atoms with van der Waals surface area (Å²) in [6, 6.07) is 5.51. The first kappa shape index (κ1) is 10.4. The Bertz CT molecular complexity index is 518. The number of carbonyl (C=O) groups excluding carboxylic acids is 1. The number of nitriles is 1. The minimum Gasteiger partial charge on any atom is -0.289 e. The van der Waals surface area contributed by atoms with E-state index in [2.05, 4.69) is 11.8 Å². The van der Waals surface area contributed by atoms with E-state index in [4.69, 9.17) is 5.26 Å². The van der Waals surface area contributed by atoms with Gasteiger partial charge in [-0.3, -0.25) is 14.9 Å². The Morgan fingerprint density at radius 3 is 2.53 bits per heavy atom. The van der Waals surface area contributed by atoms with Gasteiger partial charge in [-0.2, -0.15) is 5.26 Å². The number of benzene rings is 1. The van der Waals surface area contributed by atoms with Crippen LogP contribution in [0.15, 0.2) is 18.2 Å². The molecule has 0 fully saturated rings. The smallest absolute Gasteiger partial charge is 0.271 e. The van der Waals surface area contributed by atoms with Gasteiger partial charge in [-0.25, -0.2) is 0 Å². The molecule has 15 heavy (non-hydrogen) atoms. The summed E-state index contributed by atoms with van der Waals surface area (Å²) >= 11 is 0. The zero-order chi connectivity index (χ0) is 11.3. The van der Waals surface area contributed by atoms with Crippen molar-refractivity contribution in [1.29, 1.82) is 5.26 Å². The fraction of sp³-hybridized carbons (Fsp3) is 0. The molecule has 0 saturated heterocycles. The van der Waals surface area contributed by atoms with Crippen molar-refractivity contribution in [3.8, 4) is 17.9 Å². The number of carbonyl (C=O) groups is 1. The maximum atomic E-state index is 10.5. The highest BCUT2D eigenvalue weighted by molar-refractivity contribution is 5.74. The van der Waals surface area contributed by atoms with Crippen molar-refractivity contribution in [2.45, 2.75) is 0 Å². The van der Waals surface area contributed by atoms with E-state index in [1.165, 1.54) is 12.1 Å². The van der Waals surface area contributed by atoms with E-state index in [0.717, 1.165) is 6.07 Å². The molecule has 72 valence electrons. The third kappa shape index (κ3) is 2.64. The molecule has 0 aliphatic rings. The van der Waals surface area contributed by atoms with Crippen LogP contribution in [0.4, 0.5) is 5.69 Å². The Morgan fingerprint density at radius 1 is 1.33 bits per heavy atom. The van der Waals surface area contributed by atoms with Gasteiger partial charge < -0.3 is 0 Å². The maximum absolute atomic E-state index is 10.5. The van der Waals surface area contributed by atoms with Crippen LogP contribution in [-0.2, 0) is 4.79 Å². The molecule has 5 heteroatoms. The van der Waals surface area contributed by atoms with Crippen LogP contribution in [0, 0.1) is 33.3 Å². The minimum absolute atomic E-state index is 0.138. The molecule has 0 aliphatic heterocycles. The Hall–Kier alpha value is -2.66. The van der Waals surface area contributed by atoms with Crippen molar-refractivity contribution in [3.63, 3.8) is 0 Å². The van der Waals surface area contributed by atoms with E-state index in [0.29, 0.717) is 6.29 Å². The molecule has 0 atom stereocenters. The number of hydrogen-bond acceptors (Lipinski definition) is 4. The van der Waals surface area contributed by atoms with Gasteiger partial charge in [-0.15, -0.1) is 0 Å². The third-order valence-corrected chi connectivity index (χ3v) is 1.53. The second kappa shape index (κ2) is 4.54. The monoisotopic (exact) mass is 200 g/mol. The number of nitrogens with zero attached hydrogens (tertiary/aromatic N) is 2. The van der Waals surface area contributed by atoms with Gasteiger partial charge in [0.05, 0.1) is 16.6 Å². The summed E-state index contributed by atoms with van der Waals surface area (Å²) in [4.78, 5) is 19.8. The number of rotatable bonds is 1. The van der Waals surface area contributed by atoms with E-state index in [1.54, 1.807) is 6.07 Å². The number of aldehydes is 1. The average Bonchev–Trinajstić information content (AvgIpc) is 2.25. The van der Waals surface area contributed by atoms with Gasteiger partial charge in [0.15, 0.2) is 6.29 Å². The minimum atomic E-state index is -0.618. The lowest BCUT2D eigenvalue weighted by atomic mass is 10.1. The topological polar surface area (TPSA) is 84.0 Å². The first-order valence-corrected chi connectivity index (χ1v) is 3.82. The molecule has 0 bridgehead atoms. The van der Waals surface area contributed by atoms with Gasteiger partial charge in [0.25, 0.3) is 5.69 Å². The van der Waals surface area contributed by atoms with Gasteiger partial charge >= 0.3 is 0 Å². The number of nitro benzene ring substituents is 1. The molecule has 0 radical (unpaired) electrons. The molecule has 0 N–H and O–H groups in total. The predicted octanol–water partition coefficient (Wildman–Crippen LogP) is 1.02. The molecule has 0 saturated carbocycles. The van der Waals surface area contributed by atoms with E-state index in [1.807, 2.05) is 0 Å². The van der Waals surface area contributed by atoms with Crippen molar-refractivity contribution in [2.75, 3.05) is 0 Å². The summed E-state index contributed by atoms with van der Waals surface area (Å²) in [5, 5.41) is 19.1. The quantitative estimate of drug-likeness (QED) is 0.293. The average molecular weight is 200 g/mol. The van der Waals surface area contributed by atoms with Crippen molar-refractivity contribution in [2.24, 2.45) is 0 Å². The summed E-state index contributed by atoms with van der Waals surface area (Å²) in [6.07, 6.45) is 0.380. The van der Waals surface area contributed by atoms with E-state index < -0.39 is 4.92 Å². The molecule has 1 aromatic rings. The maximum Gasteiger partial charge on any atom is 0.271 e. The van der Waals surface area contributed by atoms with E-state index >= 15 is 0 Å². The Labute approximate surface area is 85.1 Å². The Morgan fingerprint density at radius 2 is 2.00 bits per heavy atom. The molecule has 0 aromatic heterocycles. The van der Waals surface area contributed by atoms with Crippen LogP contribution >= 0.6 is 0 Å². The lowest BCUT2D eigenvalue weighted by Gasteiger charge is -1.94. The Kier molecular flexibility index (Phi) is 3.15. The van der Waals surface area contributed by atoms with Gasteiger partial charge in [-0.05, 0) is 12.0 Å². The summed E-state index contributed by atoms with van der Waals surface area (Å²) in [5.41, 5.74) is 0.191. The highest BCUT2D eigenvalue weighted by Gasteiger charge is 2.08. The zero-order valence-electron chi connectivity index (χ0n) is 7.43.